The largest absolute Gasteiger partial charge is 0.313 e. The van der Waals surface area contributed by atoms with Crippen molar-refractivity contribution in [2.45, 2.75) is 45.1 Å². The van der Waals surface area contributed by atoms with Gasteiger partial charge in [-0.05, 0) is 50.1 Å². The number of para-hydroxylation sites is 1. The van der Waals surface area contributed by atoms with Crippen LogP contribution in [0.15, 0.2) is 48.5 Å². The third-order valence-corrected chi connectivity index (χ3v) is 5.91. The Morgan fingerprint density at radius 1 is 1.10 bits per heavy atom. The first-order valence-corrected chi connectivity index (χ1v) is 10.6. The molecule has 0 spiro atoms. The maximum Gasteiger partial charge on any atom is 0.187 e. The lowest BCUT2D eigenvalue weighted by molar-refractivity contribution is 0.0974. The number of nitriles is 1. The summed E-state index contributed by atoms with van der Waals surface area (Å²) in [5.41, 5.74) is 3.12. The molecule has 0 aliphatic carbocycles. The van der Waals surface area contributed by atoms with E-state index in [1.54, 1.807) is 12.1 Å². The minimum absolute atomic E-state index is 0.268. The van der Waals surface area contributed by atoms with Crippen LogP contribution in [0.5, 0.6) is 0 Å². The number of benzene rings is 2. The predicted molar refractivity (Wildman–Crippen MR) is 116 cm³/mol. The van der Waals surface area contributed by atoms with Crippen molar-refractivity contribution in [1.82, 2.24) is 24.3 Å². The van der Waals surface area contributed by atoms with Crippen molar-refractivity contribution in [2.24, 2.45) is 0 Å². The van der Waals surface area contributed by atoms with Crippen LogP contribution in [0.3, 0.4) is 0 Å². The summed E-state index contributed by atoms with van der Waals surface area (Å²) in [6.07, 6.45) is 4.02. The zero-order chi connectivity index (χ0) is 21.4. The van der Waals surface area contributed by atoms with E-state index >= 15 is 0 Å². The van der Waals surface area contributed by atoms with E-state index in [1.807, 2.05) is 47.9 Å². The molecule has 5 rings (SSSR count). The maximum atomic E-state index is 13.3. The fourth-order valence-electron chi connectivity index (χ4n) is 4.38. The van der Waals surface area contributed by atoms with E-state index < -0.39 is 5.92 Å². The molecule has 4 aromatic rings. The van der Waals surface area contributed by atoms with Gasteiger partial charge < -0.3 is 4.57 Å². The number of ketones is 1. The summed E-state index contributed by atoms with van der Waals surface area (Å²) in [6, 6.07) is 17.6. The van der Waals surface area contributed by atoms with Crippen LogP contribution in [-0.2, 0) is 13.0 Å². The number of imidazole rings is 1. The zero-order valence-corrected chi connectivity index (χ0v) is 17.3. The molecule has 0 saturated carbocycles. The highest BCUT2D eigenvalue weighted by Gasteiger charge is 2.29. The van der Waals surface area contributed by atoms with Crippen LogP contribution in [-0.4, -0.2) is 30.1 Å². The van der Waals surface area contributed by atoms with Gasteiger partial charge in [-0.25, -0.2) is 4.98 Å². The van der Waals surface area contributed by atoms with Gasteiger partial charge in [0.1, 0.15) is 11.6 Å². The first-order chi connectivity index (χ1) is 15.2. The third kappa shape index (κ3) is 3.30. The van der Waals surface area contributed by atoms with Crippen molar-refractivity contribution < 1.29 is 4.79 Å². The van der Waals surface area contributed by atoms with Crippen molar-refractivity contribution >= 4 is 16.8 Å². The lowest BCUT2D eigenvalue weighted by Crippen LogP contribution is -2.17. The highest BCUT2D eigenvalue weighted by molar-refractivity contribution is 6.04. The Balaban J connectivity index is 1.53. The molecule has 7 nitrogen and oxygen atoms in total. The Kier molecular flexibility index (Phi) is 4.83. The van der Waals surface area contributed by atoms with Gasteiger partial charge in [0.2, 0.25) is 0 Å². The molecule has 1 aliphatic heterocycles. The van der Waals surface area contributed by atoms with E-state index in [0.717, 1.165) is 60.6 Å². The lowest BCUT2D eigenvalue weighted by Gasteiger charge is -2.11. The smallest absolute Gasteiger partial charge is 0.187 e. The van der Waals surface area contributed by atoms with E-state index in [4.69, 9.17) is 0 Å². The molecule has 0 amide bonds. The molecule has 1 unspecified atom stereocenters. The average Bonchev–Trinajstić information content (AvgIpc) is 3.24. The van der Waals surface area contributed by atoms with Crippen LogP contribution in [0.2, 0.25) is 0 Å². The van der Waals surface area contributed by atoms with Gasteiger partial charge >= 0.3 is 0 Å². The van der Waals surface area contributed by atoms with Crippen LogP contribution in [0.4, 0.5) is 0 Å². The van der Waals surface area contributed by atoms with Crippen LogP contribution in [0.1, 0.15) is 53.0 Å². The number of aryl methyl sites for hydroxylation is 2. The van der Waals surface area contributed by atoms with Crippen molar-refractivity contribution in [3.8, 4) is 11.8 Å². The van der Waals surface area contributed by atoms with Gasteiger partial charge in [-0.2, -0.15) is 5.26 Å². The molecule has 2 aromatic heterocycles. The van der Waals surface area contributed by atoms with Crippen molar-refractivity contribution in [3.05, 3.63) is 71.6 Å². The summed E-state index contributed by atoms with van der Waals surface area (Å²) in [5.74, 6) is 0.916. The summed E-state index contributed by atoms with van der Waals surface area (Å²) in [5, 5.41) is 18.3. The molecule has 0 saturated heterocycles. The topological polar surface area (TPSA) is 89.4 Å². The number of aromatic nitrogens is 5. The number of carbonyl (C=O) groups is 1. The number of hydrogen-bond donors (Lipinski definition) is 0. The minimum Gasteiger partial charge on any atom is -0.313 e. The molecule has 1 atom stereocenters. The Hall–Kier alpha value is -3.79. The Labute approximate surface area is 180 Å². The quantitative estimate of drug-likeness (QED) is 0.472. The number of nitrogens with zero attached hydrogens (tertiary/aromatic N) is 6. The van der Waals surface area contributed by atoms with E-state index in [9.17, 15) is 10.1 Å². The van der Waals surface area contributed by atoms with Gasteiger partial charge in [0.25, 0.3) is 0 Å². The molecular formula is C24H22N6O. The number of fused-ring (bicyclic) bond motifs is 2. The first kappa shape index (κ1) is 19.2. The Bertz CT molecular complexity index is 1310. The molecular weight excluding hydrogens is 388 g/mol. The second kappa shape index (κ2) is 7.80. The third-order valence-electron chi connectivity index (χ3n) is 5.91. The van der Waals surface area contributed by atoms with Crippen LogP contribution in [0, 0.1) is 18.3 Å². The lowest BCUT2D eigenvalue weighted by atomic mass is 9.97. The molecule has 7 heteroatoms. The van der Waals surface area contributed by atoms with Crippen LogP contribution in [0.25, 0.3) is 16.7 Å². The van der Waals surface area contributed by atoms with Gasteiger partial charge in [0.05, 0.1) is 17.1 Å². The normalized spacial score (nSPS) is 14.6. The van der Waals surface area contributed by atoms with E-state index in [2.05, 4.69) is 25.8 Å². The number of hydrogen-bond acceptors (Lipinski definition) is 5. The molecule has 3 heterocycles. The summed E-state index contributed by atoms with van der Waals surface area (Å²) < 4.78 is 4.02. The van der Waals surface area contributed by atoms with E-state index in [1.165, 1.54) is 0 Å². The van der Waals surface area contributed by atoms with Crippen molar-refractivity contribution in [2.75, 3.05) is 0 Å². The molecule has 0 bridgehead atoms. The molecule has 1 aliphatic rings. The molecule has 0 N–H and O–H groups in total. The monoisotopic (exact) mass is 410 g/mol. The number of carbonyl (C=O) groups excluding carboxylic acids is 1. The van der Waals surface area contributed by atoms with Gasteiger partial charge in [-0.1, -0.05) is 24.6 Å². The highest BCUT2D eigenvalue weighted by Crippen LogP contribution is 2.26. The second-order valence-electron chi connectivity index (χ2n) is 7.90. The number of Topliss-reactive ketones (excluding diaryl/α,β-unsaturated/α-hetero) is 1. The van der Waals surface area contributed by atoms with Gasteiger partial charge in [0.15, 0.2) is 17.5 Å². The summed E-state index contributed by atoms with van der Waals surface area (Å²) >= 11 is 0. The Morgan fingerprint density at radius 3 is 2.74 bits per heavy atom. The maximum absolute atomic E-state index is 13.3. The van der Waals surface area contributed by atoms with Gasteiger partial charge in [-0.15, -0.1) is 10.2 Å². The van der Waals surface area contributed by atoms with E-state index in [-0.39, 0.29) is 5.78 Å². The van der Waals surface area contributed by atoms with Crippen LogP contribution >= 0.6 is 0 Å². The predicted octanol–water partition coefficient (Wildman–Crippen LogP) is 4.14. The molecule has 31 heavy (non-hydrogen) atoms. The van der Waals surface area contributed by atoms with Gasteiger partial charge in [-0.3, -0.25) is 9.36 Å². The molecule has 154 valence electrons. The van der Waals surface area contributed by atoms with Gasteiger partial charge in [0, 0.05) is 24.2 Å². The fourth-order valence-corrected chi connectivity index (χ4v) is 4.38. The standard InChI is InChI=1S/C24H22N6O/c1-16-26-20-14-17(11-12-21(20)30(16)18-8-4-2-5-9-18)23(31)19(15-25)24-28-27-22-10-6-3-7-13-29(22)24/h2,4-5,8-9,11-12,14,19H,3,6-7,10,13H2,1H3. The van der Waals surface area contributed by atoms with Crippen molar-refractivity contribution in [1.29, 1.82) is 5.26 Å². The second-order valence-corrected chi connectivity index (χ2v) is 7.90. The fraction of sp³-hybridized carbons (Fsp3) is 0.292. The summed E-state index contributed by atoms with van der Waals surface area (Å²) in [7, 11) is 0. The number of rotatable bonds is 4. The molecule has 2 aromatic carbocycles. The SMILES string of the molecule is Cc1nc2cc(C(=O)C(C#N)c3nnc4n3CCCCC4)ccc2n1-c1ccccc1. The highest BCUT2D eigenvalue weighted by atomic mass is 16.1. The molecule has 0 radical (unpaired) electrons. The van der Waals surface area contributed by atoms with Crippen LogP contribution < -0.4 is 0 Å². The van der Waals surface area contributed by atoms with Crippen molar-refractivity contribution in [3.63, 3.8) is 0 Å². The Morgan fingerprint density at radius 2 is 1.94 bits per heavy atom. The minimum atomic E-state index is -0.978. The molecule has 0 fully saturated rings. The average molecular weight is 410 g/mol. The zero-order valence-electron chi connectivity index (χ0n) is 17.3. The first-order valence-electron chi connectivity index (χ1n) is 10.6. The van der Waals surface area contributed by atoms with E-state index in [0.29, 0.717) is 11.4 Å². The summed E-state index contributed by atoms with van der Waals surface area (Å²) in [4.78, 5) is 18.0. The summed E-state index contributed by atoms with van der Waals surface area (Å²) in [6.45, 7) is 2.70.